The summed E-state index contributed by atoms with van der Waals surface area (Å²) in [6, 6.07) is 0. The van der Waals surface area contributed by atoms with Gasteiger partial charge in [0.25, 0.3) is 0 Å². The zero-order chi connectivity index (χ0) is 8.54. The van der Waals surface area contributed by atoms with Gasteiger partial charge < -0.3 is 4.79 Å². The summed E-state index contributed by atoms with van der Waals surface area (Å²) in [5, 5.41) is 0. The summed E-state index contributed by atoms with van der Waals surface area (Å²) < 4.78 is 25.4. The van der Waals surface area contributed by atoms with Gasteiger partial charge in [0.15, 0.2) is 0 Å². The van der Waals surface area contributed by atoms with E-state index in [2.05, 4.69) is 0 Å². The number of rotatable bonds is 4. The molecule has 0 unspecified atom stereocenters. The normalized spacial score (nSPS) is 21.4. The molecule has 11 heavy (non-hydrogen) atoms. The minimum atomic E-state index is -2.64. The van der Waals surface area contributed by atoms with E-state index in [9.17, 15) is 13.6 Å². The van der Waals surface area contributed by atoms with Gasteiger partial charge in [-0.25, -0.2) is 8.78 Å². The molecule has 1 nitrogen and oxygen atoms in total. The van der Waals surface area contributed by atoms with Crippen LogP contribution in [0.1, 0.15) is 32.6 Å². The van der Waals surface area contributed by atoms with Crippen molar-refractivity contribution in [2.24, 2.45) is 5.41 Å². The van der Waals surface area contributed by atoms with Crippen LogP contribution >= 0.6 is 0 Å². The Morgan fingerprint density at radius 1 is 1.55 bits per heavy atom. The van der Waals surface area contributed by atoms with Crippen molar-refractivity contribution in [3.63, 3.8) is 0 Å². The molecule has 0 spiro atoms. The van der Waals surface area contributed by atoms with Crippen LogP contribution in [0.15, 0.2) is 0 Å². The number of carbonyl (C=O) groups excluding carboxylic acids is 1. The molecule has 0 aromatic carbocycles. The summed E-state index contributed by atoms with van der Waals surface area (Å²) in [6.45, 7) is 1.45. The molecule has 0 heterocycles. The van der Waals surface area contributed by atoms with Crippen LogP contribution < -0.4 is 0 Å². The van der Waals surface area contributed by atoms with Gasteiger partial charge >= 0.3 is 0 Å². The Labute approximate surface area is 64.8 Å². The number of halogens is 2. The Morgan fingerprint density at radius 3 is 2.36 bits per heavy atom. The highest BCUT2D eigenvalue weighted by molar-refractivity contribution is 5.63. The van der Waals surface area contributed by atoms with E-state index < -0.39 is 11.3 Å². The highest BCUT2D eigenvalue weighted by Gasteiger charge is 2.49. The lowest BCUT2D eigenvalue weighted by Crippen LogP contribution is -2.21. The predicted octanol–water partition coefficient (Wildman–Crippen LogP) is 2.40. The van der Waals surface area contributed by atoms with Crippen LogP contribution in [0.25, 0.3) is 0 Å². The van der Waals surface area contributed by atoms with Crippen molar-refractivity contribution in [2.75, 3.05) is 0 Å². The Bertz CT molecular complexity index is 161. The Kier molecular flexibility index (Phi) is 1.99. The van der Waals surface area contributed by atoms with Crippen LogP contribution in [0, 0.1) is 5.41 Å². The van der Waals surface area contributed by atoms with Crippen LogP contribution in [0.4, 0.5) is 8.78 Å². The molecule has 0 saturated heterocycles. The van der Waals surface area contributed by atoms with E-state index in [1.165, 1.54) is 6.92 Å². The second-order valence-corrected chi connectivity index (χ2v) is 3.37. The molecule has 1 rings (SSSR count). The maximum absolute atomic E-state index is 12.7. The average Bonchev–Trinajstić information content (AvgIpc) is 2.69. The third-order valence-corrected chi connectivity index (χ3v) is 2.27. The number of hydrogen-bond acceptors (Lipinski definition) is 1. The molecule has 1 aliphatic rings. The molecule has 3 heteroatoms. The predicted molar refractivity (Wildman–Crippen MR) is 37.6 cm³/mol. The first kappa shape index (κ1) is 8.62. The second kappa shape index (κ2) is 2.54. The molecule has 0 radical (unpaired) electrons. The largest absolute Gasteiger partial charge is 0.303 e. The molecule has 0 amide bonds. The fourth-order valence-electron chi connectivity index (χ4n) is 1.14. The van der Waals surface area contributed by atoms with E-state index in [4.69, 9.17) is 0 Å². The summed E-state index contributed by atoms with van der Waals surface area (Å²) in [6.07, 6.45) is 1.57. The molecule has 64 valence electrons. The van der Waals surface area contributed by atoms with Crippen molar-refractivity contribution in [3.8, 4) is 0 Å². The van der Waals surface area contributed by atoms with E-state index >= 15 is 0 Å². The van der Waals surface area contributed by atoms with E-state index in [0.29, 0.717) is 19.1 Å². The van der Waals surface area contributed by atoms with Gasteiger partial charge in [-0.2, -0.15) is 0 Å². The maximum atomic E-state index is 12.7. The number of aldehydes is 1. The van der Waals surface area contributed by atoms with Gasteiger partial charge in [0.1, 0.15) is 6.29 Å². The van der Waals surface area contributed by atoms with Gasteiger partial charge in [0.2, 0.25) is 5.92 Å². The van der Waals surface area contributed by atoms with Crippen LogP contribution in [0.2, 0.25) is 0 Å². The molecule has 1 fully saturated rings. The number of hydrogen-bond donors (Lipinski definition) is 0. The molecule has 1 saturated carbocycles. The summed E-state index contributed by atoms with van der Waals surface area (Å²) in [7, 11) is 0. The van der Waals surface area contributed by atoms with Crippen LogP contribution in [-0.4, -0.2) is 12.2 Å². The lowest BCUT2D eigenvalue weighted by molar-refractivity contribution is -0.116. The van der Waals surface area contributed by atoms with Gasteiger partial charge in [-0.1, -0.05) is 6.92 Å². The molecule has 0 bridgehead atoms. The number of carbonyl (C=O) groups is 1. The SMILES string of the molecule is CCC(F)(F)CC1(C=O)CC1. The van der Waals surface area contributed by atoms with Crippen LogP contribution in [-0.2, 0) is 4.79 Å². The Hall–Kier alpha value is -0.470. The summed E-state index contributed by atoms with van der Waals surface area (Å²) in [5.41, 5.74) is -0.653. The lowest BCUT2D eigenvalue weighted by Gasteiger charge is -2.16. The summed E-state index contributed by atoms with van der Waals surface area (Å²) >= 11 is 0. The first-order valence-electron chi connectivity index (χ1n) is 3.88. The first-order chi connectivity index (χ1) is 5.04. The third kappa shape index (κ3) is 1.98. The molecular weight excluding hydrogens is 150 g/mol. The number of alkyl halides is 2. The van der Waals surface area contributed by atoms with Crippen LogP contribution in [0.5, 0.6) is 0 Å². The smallest absolute Gasteiger partial charge is 0.248 e. The second-order valence-electron chi connectivity index (χ2n) is 3.37. The molecular formula is C8H12F2O. The van der Waals surface area contributed by atoms with E-state index in [1.807, 2.05) is 0 Å². The van der Waals surface area contributed by atoms with Crippen molar-refractivity contribution in [1.82, 2.24) is 0 Å². The highest BCUT2D eigenvalue weighted by atomic mass is 19.3. The van der Waals surface area contributed by atoms with Gasteiger partial charge in [0, 0.05) is 18.3 Å². The molecule has 0 atom stereocenters. The molecule has 1 aliphatic carbocycles. The summed E-state index contributed by atoms with van der Waals surface area (Å²) in [4.78, 5) is 10.3. The summed E-state index contributed by atoms with van der Waals surface area (Å²) in [5.74, 6) is -2.64. The Balaban J connectivity index is 2.47. The van der Waals surface area contributed by atoms with E-state index in [1.54, 1.807) is 0 Å². The average molecular weight is 162 g/mol. The van der Waals surface area contributed by atoms with E-state index in [0.717, 1.165) is 0 Å². The fourth-order valence-corrected chi connectivity index (χ4v) is 1.14. The molecule has 0 aliphatic heterocycles. The van der Waals surface area contributed by atoms with Crippen molar-refractivity contribution < 1.29 is 13.6 Å². The van der Waals surface area contributed by atoms with Gasteiger partial charge in [-0.15, -0.1) is 0 Å². The zero-order valence-corrected chi connectivity index (χ0v) is 6.57. The van der Waals surface area contributed by atoms with Gasteiger partial charge in [0.05, 0.1) is 0 Å². The highest BCUT2D eigenvalue weighted by Crippen LogP contribution is 2.51. The Morgan fingerprint density at radius 2 is 2.09 bits per heavy atom. The van der Waals surface area contributed by atoms with Crippen molar-refractivity contribution in [2.45, 2.75) is 38.5 Å². The topological polar surface area (TPSA) is 17.1 Å². The monoisotopic (exact) mass is 162 g/mol. The minimum absolute atomic E-state index is 0.164. The third-order valence-electron chi connectivity index (χ3n) is 2.27. The molecule has 0 aromatic rings. The standard InChI is InChI=1S/C8H12F2O/c1-2-8(9,10)5-7(6-11)3-4-7/h6H,2-5H2,1H3. The van der Waals surface area contributed by atoms with Crippen molar-refractivity contribution in [1.29, 1.82) is 0 Å². The molecule has 0 N–H and O–H groups in total. The molecule has 0 aromatic heterocycles. The van der Waals surface area contributed by atoms with E-state index in [-0.39, 0.29) is 12.8 Å². The lowest BCUT2D eigenvalue weighted by atomic mass is 9.98. The van der Waals surface area contributed by atoms with Gasteiger partial charge in [-0.3, -0.25) is 0 Å². The van der Waals surface area contributed by atoms with Gasteiger partial charge in [-0.05, 0) is 12.8 Å². The first-order valence-corrected chi connectivity index (χ1v) is 3.88. The van der Waals surface area contributed by atoms with Crippen molar-refractivity contribution >= 4 is 6.29 Å². The zero-order valence-electron chi connectivity index (χ0n) is 6.57. The fraction of sp³-hybridized carbons (Fsp3) is 0.875. The maximum Gasteiger partial charge on any atom is 0.248 e. The minimum Gasteiger partial charge on any atom is -0.303 e. The van der Waals surface area contributed by atoms with Crippen molar-refractivity contribution in [3.05, 3.63) is 0 Å². The quantitative estimate of drug-likeness (QED) is 0.580. The van der Waals surface area contributed by atoms with Crippen LogP contribution in [0.3, 0.4) is 0 Å².